The standard InChI is InChI=1S/C21H22N4O3/c1-27-18-10-8-16(12-19(18)28-2)14-22-20-11-9-17(24-25-20)21(26)23-13-15-6-4-3-5-7-15/h3-12H,13-14H2,1-2H3,(H,22,25)(H,23,26). The number of rotatable bonds is 8. The van der Waals surface area contributed by atoms with Crippen molar-refractivity contribution >= 4 is 11.7 Å². The van der Waals surface area contributed by atoms with Crippen LogP contribution >= 0.6 is 0 Å². The first-order valence-corrected chi connectivity index (χ1v) is 8.80. The Balaban J connectivity index is 1.55. The molecule has 1 amide bonds. The van der Waals surface area contributed by atoms with E-state index in [9.17, 15) is 4.79 Å². The van der Waals surface area contributed by atoms with E-state index in [-0.39, 0.29) is 11.6 Å². The molecule has 0 spiro atoms. The molecule has 28 heavy (non-hydrogen) atoms. The largest absolute Gasteiger partial charge is 0.493 e. The first kappa shape index (κ1) is 19.2. The molecular weight excluding hydrogens is 356 g/mol. The van der Waals surface area contributed by atoms with E-state index in [0.717, 1.165) is 11.1 Å². The van der Waals surface area contributed by atoms with E-state index < -0.39 is 0 Å². The molecule has 1 heterocycles. The zero-order valence-corrected chi connectivity index (χ0v) is 15.8. The molecule has 0 saturated carbocycles. The molecule has 0 atom stereocenters. The molecule has 0 saturated heterocycles. The van der Waals surface area contributed by atoms with Crippen LogP contribution in [0.2, 0.25) is 0 Å². The predicted molar refractivity (Wildman–Crippen MR) is 107 cm³/mol. The monoisotopic (exact) mass is 378 g/mol. The molecule has 144 valence electrons. The van der Waals surface area contributed by atoms with Crippen molar-refractivity contribution in [3.63, 3.8) is 0 Å². The van der Waals surface area contributed by atoms with E-state index in [1.807, 2.05) is 48.5 Å². The van der Waals surface area contributed by atoms with Crippen LogP contribution in [0.5, 0.6) is 11.5 Å². The number of benzene rings is 2. The van der Waals surface area contributed by atoms with Crippen LogP contribution in [0.25, 0.3) is 0 Å². The van der Waals surface area contributed by atoms with Gasteiger partial charge in [0.25, 0.3) is 5.91 Å². The van der Waals surface area contributed by atoms with Crippen LogP contribution in [0.1, 0.15) is 21.6 Å². The molecule has 0 bridgehead atoms. The highest BCUT2D eigenvalue weighted by atomic mass is 16.5. The maximum Gasteiger partial charge on any atom is 0.272 e. The molecule has 0 aliphatic carbocycles. The van der Waals surface area contributed by atoms with Gasteiger partial charge in [-0.25, -0.2) is 0 Å². The molecule has 3 aromatic rings. The first-order valence-electron chi connectivity index (χ1n) is 8.80. The van der Waals surface area contributed by atoms with Crippen molar-refractivity contribution in [2.45, 2.75) is 13.1 Å². The summed E-state index contributed by atoms with van der Waals surface area (Å²) >= 11 is 0. The molecule has 0 aliphatic rings. The molecular formula is C21H22N4O3. The van der Waals surface area contributed by atoms with Crippen LogP contribution in [0.3, 0.4) is 0 Å². The van der Waals surface area contributed by atoms with Gasteiger partial charge >= 0.3 is 0 Å². The van der Waals surface area contributed by atoms with Crippen molar-refractivity contribution < 1.29 is 14.3 Å². The highest BCUT2D eigenvalue weighted by Gasteiger charge is 2.09. The third kappa shape index (κ3) is 4.97. The number of methoxy groups -OCH3 is 2. The van der Waals surface area contributed by atoms with Crippen LogP contribution in [-0.2, 0) is 13.1 Å². The fourth-order valence-corrected chi connectivity index (χ4v) is 2.60. The fraction of sp³-hybridized carbons (Fsp3) is 0.190. The Kier molecular flexibility index (Phi) is 6.41. The van der Waals surface area contributed by atoms with E-state index in [4.69, 9.17) is 9.47 Å². The van der Waals surface area contributed by atoms with Gasteiger partial charge in [0.15, 0.2) is 17.2 Å². The van der Waals surface area contributed by atoms with Gasteiger partial charge in [0.1, 0.15) is 5.82 Å². The van der Waals surface area contributed by atoms with Crippen LogP contribution in [-0.4, -0.2) is 30.3 Å². The summed E-state index contributed by atoms with van der Waals surface area (Å²) in [5.41, 5.74) is 2.30. The van der Waals surface area contributed by atoms with E-state index in [1.165, 1.54) is 0 Å². The molecule has 7 heteroatoms. The SMILES string of the molecule is COc1ccc(CNc2ccc(C(=O)NCc3ccccc3)nn2)cc1OC. The molecule has 0 fully saturated rings. The number of ether oxygens (including phenoxy) is 2. The number of amides is 1. The van der Waals surface area contributed by atoms with Crippen molar-refractivity contribution in [2.24, 2.45) is 0 Å². The van der Waals surface area contributed by atoms with E-state index in [0.29, 0.717) is 30.4 Å². The molecule has 0 aliphatic heterocycles. The number of nitrogens with one attached hydrogen (secondary N) is 2. The summed E-state index contributed by atoms with van der Waals surface area (Å²) in [6, 6.07) is 18.8. The summed E-state index contributed by atoms with van der Waals surface area (Å²) < 4.78 is 10.5. The normalized spacial score (nSPS) is 10.2. The topological polar surface area (TPSA) is 85.4 Å². The van der Waals surface area contributed by atoms with Crippen molar-refractivity contribution in [1.29, 1.82) is 0 Å². The molecule has 0 radical (unpaired) electrons. The highest BCUT2D eigenvalue weighted by Crippen LogP contribution is 2.27. The Bertz CT molecular complexity index is 915. The highest BCUT2D eigenvalue weighted by molar-refractivity contribution is 5.92. The fourth-order valence-electron chi connectivity index (χ4n) is 2.60. The quantitative estimate of drug-likeness (QED) is 0.627. The first-order chi connectivity index (χ1) is 13.7. The second-order valence-electron chi connectivity index (χ2n) is 6.01. The zero-order chi connectivity index (χ0) is 19.8. The van der Waals surface area contributed by atoms with Crippen LogP contribution in [0, 0.1) is 0 Å². The average molecular weight is 378 g/mol. The minimum absolute atomic E-state index is 0.261. The second-order valence-corrected chi connectivity index (χ2v) is 6.01. The Morgan fingerprint density at radius 2 is 1.64 bits per heavy atom. The van der Waals surface area contributed by atoms with E-state index >= 15 is 0 Å². The lowest BCUT2D eigenvalue weighted by atomic mass is 10.2. The maximum atomic E-state index is 12.2. The third-order valence-corrected chi connectivity index (χ3v) is 4.11. The molecule has 3 rings (SSSR count). The second kappa shape index (κ2) is 9.36. The molecule has 1 aromatic heterocycles. The van der Waals surface area contributed by atoms with Gasteiger partial charge in [0.05, 0.1) is 14.2 Å². The summed E-state index contributed by atoms with van der Waals surface area (Å²) in [5.74, 6) is 1.66. The van der Waals surface area contributed by atoms with Crippen molar-refractivity contribution in [3.05, 3.63) is 77.5 Å². The number of nitrogens with zero attached hydrogens (tertiary/aromatic N) is 2. The Labute approximate surface area is 163 Å². The van der Waals surface area contributed by atoms with E-state index in [1.54, 1.807) is 26.4 Å². The summed E-state index contributed by atoms with van der Waals surface area (Å²) in [6.45, 7) is 0.981. The third-order valence-electron chi connectivity index (χ3n) is 4.11. The Hall–Kier alpha value is -3.61. The van der Waals surface area contributed by atoms with Crippen LogP contribution < -0.4 is 20.1 Å². The summed E-state index contributed by atoms with van der Waals surface area (Å²) in [5, 5.41) is 14.1. The van der Waals surface area contributed by atoms with Gasteiger partial charge in [-0.05, 0) is 35.4 Å². The van der Waals surface area contributed by atoms with Gasteiger partial charge in [-0.3, -0.25) is 4.79 Å². The van der Waals surface area contributed by atoms with Gasteiger partial charge in [-0.15, -0.1) is 10.2 Å². The van der Waals surface area contributed by atoms with Crippen molar-refractivity contribution in [1.82, 2.24) is 15.5 Å². The lowest BCUT2D eigenvalue weighted by Gasteiger charge is -2.10. The van der Waals surface area contributed by atoms with Gasteiger partial charge in [0, 0.05) is 13.1 Å². The molecule has 7 nitrogen and oxygen atoms in total. The van der Waals surface area contributed by atoms with Crippen LogP contribution in [0.4, 0.5) is 5.82 Å². The number of carbonyl (C=O) groups is 1. The molecule has 2 N–H and O–H groups in total. The lowest BCUT2D eigenvalue weighted by molar-refractivity contribution is 0.0945. The summed E-state index contributed by atoms with van der Waals surface area (Å²) in [6.07, 6.45) is 0. The van der Waals surface area contributed by atoms with Gasteiger partial charge in [-0.1, -0.05) is 36.4 Å². The minimum atomic E-state index is -0.261. The smallest absolute Gasteiger partial charge is 0.272 e. The predicted octanol–water partition coefficient (Wildman–Crippen LogP) is 3.04. The van der Waals surface area contributed by atoms with Gasteiger partial charge in [0.2, 0.25) is 0 Å². The lowest BCUT2D eigenvalue weighted by Crippen LogP contribution is -2.24. The van der Waals surface area contributed by atoms with Crippen LogP contribution in [0.15, 0.2) is 60.7 Å². The zero-order valence-electron chi connectivity index (χ0n) is 15.8. The maximum absolute atomic E-state index is 12.2. The number of hydrogen-bond acceptors (Lipinski definition) is 6. The molecule has 0 unspecified atom stereocenters. The van der Waals surface area contributed by atoms with E-state index in [2.05, 4.69) is 20.8 Å². The Morgan fingerprint density at radius 3 is 2.32 bits per heavy atom. The Morgan fingerprint density at radius 1 is 0.857 bits per heavy atom. The summed E-state index contributed by atoms with van der Waals surface area (Å²) in [4.78, 5) is 12.2. The minimum Gasteiger partial charge on any atom is -0.493 e. The van der Waals surface area contributed by atoms with Gasteiger partial charge in [-0.2, -0.15) is 0 Å². The molecule has 2 aromatic carbocycles. The van der Waals surface area contributed by atoms with Crippen molar-refractivity contribution in [3.8, 4) is 11.5 Å². The number of carbonyl (C=O) groups excluding carboxylic acids is 1. The number of hydrogen-bond donors (Lipinski definition) is 2. The summed E-state index contributed by atoms with van der Waals surface area (Å²) in [7, 11) is 3.20. The van der Waals surface area contributed by atoms with Crippen molar-refractivity contribution in [2.75, 3.05) is 19.5 Å². The average Bonchev–Trinajstić information content (AvgIpc) is 2.76. The van der Waals surface area contributed by atoms with Gasteiger partial charge < -0.3 is 20.1 Å². The number of aromatic nitrogens is 2. The number of anilines is 1.